The predicted molar refractivity (Wildman–Crippen MR) is 78.6 cm³/mol. The minimum atomic E-state index is -0.631. The average molecular weight is 284 g/mol. The van der Waals surface area contributed by atoms with Gasteiger partial charge in [0, 0.05) is 37.5 Å². The van der Waals surface area contributed by atoms with Crippen LogP contribution < -0.4 is 14.8 Å². The number of aromatic nitrogens is 1. The molecule has 0 fully saturated rings. The maximum atomic E-state index is 12.1. The lowest BCUT2D eigenvalue weighted by molar-refractivity contribution is -0.0640. The smallest absolute Gasteiger partial charge is 0.257 e. The van der Waals surface area contributed by atoms with E-state index < -0.39 is 5.79 Å². The Morgan fingerprint density at radius 3 is 2.81 bits per heavy atom. The highest BCUT2D eigenvalue weighted by molar-refractivity contribution is 6.04. The van der Waals surface area contributed by atoms with Crippen LogP contribution >= 0.6 is 0 Å². The molecule has 1 aromatic carbocycles. The highest BCUT2D eigenvalue weighted by atomic mass is 16.7. The monoisotopic (exact) mass is 284 g/mol. The van der Waals surface area contributed by atoms with Crippen molar-refractivity contribution in [1.29, 1.82) is 0 Å². The molecular formula is C16H16N2O3. The molecule has 2 heterocycles. The highest BCUT2D eigenvalue weighted by Gasteiger charge is 2.34. The number of nitrogens with one attached hydrogen (secondary N) is 1. The molecule has 0 saturated carbocycles. The molecule has 1 aromatic heterocycles. The summed E-state index contributed by atoms with van der Waals surface area (Å²) in [6.07, 6.45) is 3.89. The number of hydrogen-bond acceptors (Lipinski definition) is 4. The van der Waals surface area contributed by atoms with Gasteiger partial charge in [0.25, 0.3) is 5.91 Å². The molecule has 1 aliphatic heterocycles. The van der Waals surface area contributed by atoms with Crippen molar-refractivity contribution in [3.8, 4) is 11.5 Å². The van der Waals surface area contributed by atoms with Crippen LogP contribution in [0.15, 0.2) is 42.7 Å². The van der Waals surface area contributed by atoms with Crippen LogP contribution in [0.5, 0.6) is 11.5 Å². The first kappa shape index (κ1) is 13.4. The van der Waals surface area contributed by atoms with Gasteiger partial charge in [-0.3, -0.25) is 9.78 Å². The second-order valence-electron chi connectivity index (χ2n) is 5.05. The van der Waals surface area contributed by atoms with Crippen molar-refractivity contribution in [1.82, 2.24) is 4.98 Å². The molecule has 5 nitrogen and oxygen atoms in total. The van der Waals surface area contributed by atoms with Crippen LogP contribution in [-0.4, -0.2) is 16.7 Å². The van der Waals surface area contributed by atoms with Crippen LogP contribution in [0.25, 0.3) is 0 Å². The van der Waals surface area contributed by atoms with Crippen molar-refractivity contribution < 1.29 is 14.3 Å². The summed E-state index contributed by atoms with van der Waals surface area (Å²) in [5, 5.41) is 2.82. The number of carbonyl (C=O) groups is 1. The number of anilines is 1. The standard InChI is InChI=1S/C16H16N2O3/c1-3-16(2)20-13-7-6-12(9-14(13)21-16)18-15(19)11-5-4-8-17-10-11/h4-10H,3H2,1-2H3,(H,18,19)/t16-/m0/s1. The van der Waals surface area contributed by atoms with Gasteiger partial charge in [0.05, 0.1) is 5.56 Å². The molecule has 0 aliphatic carbocycles. The summed E-state index contributed by atoms with van der Waals surface area (Å²) < 4.78 is 11.5. The zero-order valence-corrected chi connectivity index (χ0v) is 11.9. The second-order valence-corrected chi connectivity index (χ2v) is 5.05. The Morgan fingerprint density at radius 1 is 1.29 bits per heavy atom. The Morgan fingerprint density at radius 2 is 2.10 bits per heavy atom. The van der Waals surface area contributed by atoms with Crippen molar-refractivity contribution in [3.63, 3.8) is 0 Å². The number of benzene rings is 1. The Hall–Kier alpha value is -2.56. The Labute approximate surface area is 122 Å². The number of nitrogens with zero attached hydrogens (tertiary/aromatic N) is 1. The van der Waals surface area contributed by atoms with Gasteiger partial charge in [-0.1, -0.05) is 6.92 Å². The molecule has 1 amide bonds. The van der Waals surface area contributed by atoms with Crippen molar-refractivity contribution in [3.05, 3.63) is 48.3 Å². The van der Waals surface area contributed by atoms with Gasteiger partial charge < -0.3 is 14.8 Å². The van der Waals surface area contributed by atoms with Gasteiger partial charge >= 0.3 is 0 Å². The van der Waals surface area contributed by atoms with E-state index in [1.165, 1.54) is 6.20 Å². The minimum Gasteiger partial charge on any atom is -0.449 e. The fourth-order valence-electron chi connectivity index (χ4n) is 2.08. The van der Waals surface area contributed by atoms with Crippen LogP contribution in [0.2, 0.25) is 0 Å². The average Bonchev–Trinajstić information content (AvgIpc) is 2.84. The first-order valence-corrected chi connectivity index (χ1v) is 6.83. The third-order valence-corrected chi connectivity index (χ3v) is 3.42. The van der Waals surface area contributed by atoms with E-state index in [0.29, 0.717) is 22.7 Å². The number of amides is 1. The lowest BCUT2D eigenvalue weighted by Crippen LogP contribution is -2.33. The molecule has 1 N–H and O–H groups in total. The Bertz CT molecular complexity index is 672. The number of ether oxygens (including phenoxy) is 2. The number of pyridine rings is 1. The SMILES string of the molecule is CC[C@@]1(C)Oc2ccc(NC(=O)c3cccnc3)cc2O1. The molecule has 2 aromatic rings. The highest BCUT2D eigenvalue weighted by Crippen LogP contribution is 2.42. The van der Waals surface area contributed by atoms with Crippen LogP contribution in [-0.2, 0) is 0 Å². The van der Waals surface area contributed by atoms with Gasteiger partial charge in [-0.05, 0) is 24.3 Å². The topological polar surface area (TPSA) is 60.5 Å². The fraction of sp³-hybridized carbons (Fsp3) is 0.250. The molecule has 0 bridgehead atoms. The molecular weight excluding hydrogens is 268 g/mol. The van der Waals surface area contributed by atoms with E-state index >= 15 is 0 Å². The molecule has 5 heteroatoms. The van der Waals surface area contributed by atoms with Crippen LogP contribution in [0.3, 0.4) is 0 Å². The van der Waals surface area contributed by atoms with Crippen LogP contribution in [0.1, 0.15) is 30.6 Å². The van der Waals surface area contributed by atoms with Gasteiger partial charge in [-0.2, -0.15) is 0 Å². The van der Waals surface area contributed by atoms with Gasteiger partial charge in [-0.25, -0.2) is 0 Å². The van der Waals surface area contributed by atoms with Crippen LogP contribution in [0.4, 0.5) is 5.69 Å². The summed E-state index contributed by atoms with van der Waals surface area (Å²) in [5.41, 5.74) is 1.17. The Kier molecular flexibility index (Phi) is 3.25. The fourth-order valence-corrected chi connectivity index (χ4v) is 2.08. The summed E-state index contributed by atoms with van der Waals surface area (Å²) >= 11 is 0. The Balaban J connectivity index is 1.78. The quantitative estimate of drug-likeness (QED) is 0.940. The normalized spacial score (nSPS) is 19.3. The zero-order chi connectivity index (χ0) is 14.9. The largest absolute Gasteiger partial charge is 0.449 e. The number of fused-ring (bicyclic) bond motifs is 1. The lowest BCUT2D eigenvalue weighted by Gasteiger charge is -2.20. The second kappa shape index (κ2) is 5.09. The third kappa shape index (κ3) is 2.67. The minimum absolute atomic E-state index is 0.208. The molecule has 1 aliphatic rings. The first-order chi connectivity index (χ1) is 10.1. The maximum absolute atomic E-state index is 12.1. The van der Waals surface area contributed by atoms with Crippen molar-refractivity contribution in [2.24, 2.45) is 0 Å². The maximum Gasteiger partial charge on any atom is 0.257 e. The van der Waals surface area contributed by atoms with E-state index in [4.69, 9.17) is 9.47 Å². The predicted octanol–water partition coefficient (Wildman–Crippen LogP) is 3.23. The molecule has 3 rings (SSSR count). The van der Waals surface area contributed by atoms with E-state index in [0.717, 1.165) is 6.42 Å². The molecule has 0 radical (unpaired) electrons. The molecule has 108 valence electrons. The third-order valence-electron chi connectivity index (χ3n) is 3.42. The summed E-state index contributed by atoms with van der Waals surface area (Å²) in [5.74, 6) is 0.496. The summed E-state index contributed by atoms with van der Waals surface area (Å²) in [6, 6.07) is 8.79. The molecule has 1 atom stereocenters. The summed E-state index contributed by atoms with van der Waals surface area (Å²) in [6.45, 7) is 3.89. The van der Waals surface area contributed by atoms with Crippen molar-refractivity contribution >= 4 is 11.6 Å². The van der Waals surface area contributed by atoms with E-state index in [9.17, 15) is 4.79 Å². The molecule has 0 spiro atoms. The van der Waals surface area contributed by atoms with Gasteiger partial charge in [0.1, 0.15) is 0 Å². The van der Waals surface area contributed by atoms with Crippen molar-refractivity contribution in [2.45, 2.75) is 26.1 Å². The first-order valence-electron chi connectivity index (χ1n) is 6.83. The van der Waals surface area contributed by atoms with Gasteiger partial charge in [0.2, 0.25) is 5.79 Å². The number of hydrogen-bond donors (Lipinski definition) is 1. The van der Waals surface area contributed by atoms with E-state index in [-0.39, 0.29) is 5.91 Å². The number of carbonyl (C=O) groups excluding carboxylic acids is 1. The van der Waals surface area contributed by atoms with E-state index in [2.05, 4.69) is 10.3 Å². The lowest BCUT2D eigenvalue weighted by atomic mass is 10.2. The summed E-state index contributed by atoms with van der Waals surface area (Å²) in [4.78, 5) is 16.0. The van der Waals surface area contributed by atoms with Gasteiger partial charge in [0.15, 0.2) is 11.5 Å². The van der Waals surface area contributed by atoms with E-state index in [1.807, 2.05) is 13.8 Å². The van der Waals surface area contributed by atoms with Gasteiger partial charge in [-0.15, -0.1) is 0 Å². The van der Waals surface area contributed by atoms with Crippen LogP contribution in [0, 0.1) is 0 Å². The van der Waals surface area contributed by atoms with E-state index in [1.54, 1.807) is 36.5 Å². The zero-order valence-electron chi connectivity index (χ0n) is 11.9. The molecule has 21 heavy (non-hydrogen) atoms. The number of rotatable bonds is 3. The molecule has 0 unspecified atom stereocenters. The molecule has 0 saturated heterocycles. The summed E-state index contributed by atoms with van der Waals surface area (Å²) in [7, 11) is 0. The van der Waals surface area contributed by atoms with Crippen molar-refractivity contribution in [2.75, 3.05) is 5.32 Å².